The summed E-state index contributed by atoms with van der Waals surface area (Å²) in [5, 5.41) is 8.37. The summed E-state index contributed by atoms with van der Waals surface area (Å²) in [5.74, 6) is 0.0820. The number of ether oxygens (including phenoxy) is 4. The molecule has 0 unspecified atom stereocenters. The van der Waals surface area contributed by atoms with Crippen LogP contribution in [0.15, 0.2) is 48.5 Å². The van der Waals surface area contributed by atoms with Crippen LogP contribution in [0.4, 0.5) is 4.39 Å². The molecule has 9 nitrogen and oxygen atoms in total. The van der Waals surface area contributed by atoms with Crippen LogP contribution < -0.4 is 4.74 Å². The molecule has 0 radical (unpaired) electrons. The monoisotopic (exact) mass is 746 g/mol. The number of hydrogen-bond donors (Lipinski definition) is 0. The lowest BCUT2D eigenvalue weighted by Crippen LogP contribution is -2.37. The van der Waals surface area contributed by atoms with Crippen LogP contribution in [0.2, 0.25) is 5.02 Å². The minimum absolute atomic E-state index is 0. The van der Waals surface area contributed by atoms with E-state index in [2.05, 4.69) is 16.4 Å². The molecule has 0 spiro atoms. The summed E-state index contributed by atoms with van der Waals surface area (Å²) in [5.41, 5.74) is 6.26. The van der Waals surface area contributed by atoms with Gasteiger partial charge in [-0.25, -0.2) is 9.18 Å². The second-order valence-electron chi connectivity index (χ2n) is 13.6. The third kappa shape index (κ3) is 7.97. The summed E-state index contributed by atoms with van der Waals surface area (Å²) in [4.78, 5) is 16.4. The normalized spacial score (nSPS) is 16.6. The summed E-state index contributed by atoms with van der Waals surface area (Å²) in [6.45, 7) is 10.1. The van der Waals surface area contributed by atoms with E-state index in [9.17, 15) is 9.18 Å². The average Bonchev–Trinajstić information content (AvgIpc) is 3.63. The Balaban J connectivity index is 0.00000481. The van der Waals surface area contributed by atoms with E-state index >= 15 is 0 Å². The van der Waals surface area contributed by atoms with Crippen LogP contribution in [-0.4, -0.2) is 77.9 Å². The van der Waals surface area contributed by atoms with Gasteiger partial charge < -0.3 is 23.5 Å². The Kier molecular flexibility index (Phi) is 12.8. The first-order chi connectivity index (χ1) is 25.4. The van der Waals surface area contributed by atoms with Crippen molar-refractivity contribution in [1.82, 2.24) is 19.2 Å². The molecule has 1 atom stereocenters. The molecule has 3 aromatic carbocycles. The van der Waals surface area contributed by atoms with Gasteiger partial charge in [0.05, 0.1) is 42.7 Å². The SMILES string of the molecule is C.CCOC(=O)c1c(CCCOc2cccc3cc(F)ccc23)c2ccc(Cl)c3c2n1CCCCO[C@@H](CCN1CCOCC1)c1nn(C)c(CC)c1-3. The maximum atomic E-state index is 14.0. The minimum Gasteiger partial charge on any atom is -0.493 e. The number of carbonyl (C=O) groups is 1. The molecule has 53 heavy (non-hydrogen) atoms. The molecule has 2 aromatic heterocycles. The Morgan fingerprint density at radius 3 is 2.62 bits per heavy atom. The van der Waals surface area contributed by atoms with Crippen molar-refractivity contribution in [2.24, 2.45) is 7.05 Å². The predicted octanol–water partition coefficient (Wildman–Crippen LogP) is 8.95. The molecule has 0 saturated carbocycles. The molecular weight excluding hydrogens is 695 g/mol. The lowest BCUT2D eigenvalue weighted by atomic mass is 9.94. The van der Waals surface area contributed by atoms with Gasteiger partial charge in [-0.1, -0.05) is 44.2 Å². The molecule has 1 saturated heterocycles. The van der Waals surface area contributed by atoms with Gasteiger partial charge in [0.1, 0.15) is 23.4 Å². The largest absolute Gasteiger partial charge is 0.493 e. The molecule has 2 aliphatic rings. The van der Waals surface area contributed by atoms with Crippen LogP contribution >= 0.6 is 11.6 Å². The van der Waals surface area contributed by atoms with Crippen molar-refractivity contribution >= 4 is 39.2 Å². The Bertz CT molecular complexity index is 2050. The number of halogens is 2. The summed E-state index contributed by atoms with van der Waals surface area (Å²) >= 11 is 7.26. The highest BCUT2D eigenvalue weighted by Crippen LogP contribution is 2.45. The van der Waals surface area contributed by atoms with Crippen molar-refractivity contribution < 1.29 is 28.1 Å². The number of hydrogen-bond acceptors (Lipinski definition) is 7. The van der Waals surface area contributed by atoms with Gasteiger partial charge in [0, 0.05) is 67.4 Å². The molecule has 284 valence electrons. The topological polar surface area (TPSA) is 80.0 Å². The van der Waals surface area contributed by atoms with Gasteiger partial charge in [0.2, 0.25) is 0 Å². The van der Waals surface area contributed by atoms with E-state index in [0.717, 1.165) is 108 Å². The van der Waals surface area contributed by atoms with E-state index in [1.165, 1.54) is 12.1 Å². The third-order valence-electron chi connectivity index (χ3n) is 10.4. The predicted molar refractivity (Wildman–Crippen MR) is 209 cm³/mol. The molecule has 1 fully saturated rings. The maximum Gasteiger partial charge on any atom is 0.355 e. The van der Waals surface area contributed by atoms with Crippen molar-refractivity contribution in [3.05, 3.63) is 82.0 Å². The highest BCUT2D eigenvalue weighted by atomic mass is 35.5. The van der Waals surface area contributed by atoms with Crippen molar-refractivity contribution in [2.75, 3.05) is 52.7 Å². The zero-order valence-electron chi connectivity index (χ0n) is 30.4. The average molecular weight is 747 g/mol. The number of aromatic nitrogens is 3. The Morgan fingerprint density at radius 2 is 1.83 bits per heavy atom. The lowest BCUT2D eigenvalue weighted by Gasteiger charge is -2.28. The van der Waals surface area contributed by atoms with E-state index in [-0.39, 0.29) is 31.9 Å². The molecule has 2 aliphatic heterocycles. The molecule has 0 amide bonds. The summed E-state index contributed by atoms with van der Waals surface area (Å²) in [7, 11) is 1.99. The Hall–Kier alpha value is -3.96. The summed E-state index contributed by atoms with van der Waals surface area (Å²) in [6, 6.07) is 14.4. The van der Waals surface area contributed by atoms with Crippen LogP contribution in [0.3, 0.4) is 0 Å². The highest BCUT2D eigenvalue weighted by Gasteiger charge is 2.32. The second-order valence-corrected chi connectivity index (χ2v) is 14.0. The molecule has 0 aliphatic carbocycles. The van der Waals surface area contributed by atoms with E-state index in [4.69, 9.17) is 35.6 Å². The minimum atomic E-state index is -0.343. The van der Waals surface area contributed by atoms with Gasteiger partial charge in [-0.05, 0) is 86.7 Å². The molecule has 4 heterocycles. The van der Waals surface area contributed by atoms with Crippen LogP contribution in [0.1, 0.15) is 80.5 Å². The molecule has 11 heteroatoms. The van der Waals surface area contributed by atoms with Gasteiger partial charge in [-0.2, -0.15) is 5.10 Å². The standard InChI is InChI=1S/C41H48ClFN4O5.CH4/c1-4-33-37-36-32(42)16-15-31-30(11-9-23-51-34-12-8-10-27-26-28(43)13-14-29(27)34)40(41(48)50-5-2)47(39(31)36)18-6-7-22-52-35(38(37)44-45(33)3)17-19-46-20-24-49-25-21-46;/h8,10,12-16,26,35H,4-7,9,11,17-25H2,1-3H3;1H4/t35-;/m0./s1. The first kappa shape index (κ1) is 38.8. The van der Waals surface area contributed by atoms with E-state index < -0.39 is 0 Å². The first-order valence-electron chi connectivity index (χ1n) is 18.7. The Labute approximate surface area is 316 Å². The van der Waals surface area contributed by atoms with Crippen molar-refractivity contribution in [3.8, 4) is 16.9 Å². The van der Waals surface area contributed by atoms with E-state index in [0.29, 0.717) is 49.1 Å². The molecule has 5 aromatic rings. The fourth-order valence-electron chi connectivity index (χ4n) is 7.93. The van der Waals surface area contributed by atoms with Gasteiger partial charge in [0.15, 0.2) is 0 Å². The van der Waals surface area contributed by atoms with Gasteiger partial charge in [-0.3, -0.25) is 9.58 Å². The lowest BCUT2D eigenvalue weighted by molar-refractivity contribution is 0.00973. The number of esters is 1. The summed E-state index contributed by atoms with van der Waals surface area (Å²) in [6.07, 6.45) is 4.21. The third-order valence-corrected chi connectivity index (χ3v) is 10.7. The fraction of sp³-hybridized carbons (Fsp3) is 0.476. The van der Waals surface area contributed by atoms with Crippen molar-refractivity contribution in [3.63, 3.8) is 0 Å². The number of aryl methyl sites for hydroxylation is 3. The number of nitrogens with zero attached hydrogens (tertiary/aromatic N) is 4. The van der Waals surface area contributed by atoms with Crippen LogP contribution in [-0.2, 0) is 40.6 Å². The van der Waals surface area contributed by atoms with Crippen LogP contribution in [0, 0.1) is 5.82 Å². The molecule has 0 N–H and O–H groups in total. The quantitative estimate of drug-likeness (QED) is 0.0987. The number of fused-ring (bicyclic) bond motifs is 3. The molecule has 0 bridgehead atoms. The highest BCUT2D eigenvalue weighted by molar-refractivity contribution is 6.35. The number of benzene rings is 3. The Morgan fingerprint density at radius 1 is 1.02 bits per heavy atom. The zero-order chi connectivity index (χ0) is 36.2. The van der Waals surface area contributed by atoms with Gasteiger partial charge in [-0.15, -0.1) is 0 Å². The maximum absolute atomic E-state index is 14.0. The number of carbonyl (C=O) groups excluding carboxylic acids is 1. The van der Waals surface area contributed by atoms with Crippen molar-refractivity contribution in [2.45, 2.75) is 72.4 Å². The van der Waals surface area contributed by atoms with E-state index in [1.807, 2.05) is 49.0 Å². The number of rotatable bonds is 11. The van der Waals surface area contributed by atoms with Gasteiger partial charge >= 0.3 is 5.97 Å². The molecular formula is C42H52ClFN4O5. The van der Waals surface area contributed by atoms with E-state index in [1.54, 1.807) is 6.07 Å². The van der Waals surface area contributed by atoms with Gasteiger partial charge in [0.25, 0.3) is 0 Å². The fourth-order valence-corrected chi connectivity index (χ4v) is 8.17. The van der Waals surface area contributed by atoms with Crippen LogP contribution in [0.5, 0.6) is 5.75 Å². The second kappa shape index (κ2) is 17.5. The number of morpholine rings is 1. The molecule has 7 rings (SSSR count). The van der Waals surface area contributed by atoms with Crippen molar-refractivity contribution in [1.29, 1.82) is 0 Å². The first-order valence-corrected chi connectivity index (χ1v) is 19.1. The zero-order valence-corrected chi connectivity index (χ0v) is 31.1. The smallest absolute Gasteiger partial charge is 0.355 e. The summed E-state index contributed by atoms with van der Waals surface area (Å²) < 4.78 is 42.3. The van der Waals surface area contributed by atoms with Crippen LogP contribution in [0.25, 0.3) is 32.8 Å².